The van der Waals surface area contributed by atoms with Gasteiger partial charge >= 0.3 is 6.18 Å². The summed E-state index contributed by atoms with van der Waals surface area (Å²) in [5.41, 5.74) is 1.29. The largest absolute Gasteiger partial charge is 0.451 e. The highest BCUT2D eigenvalue weighted by molar-refractivity contribution is 5.96. The molecule has 3 aromatic rings. The lowest BCUT2D eigenvalue weighted by Crippen LogP contribution is -2.49. The van der Waals surface area contributed by atoms with Crippen LogP contribution in [0.5, 0.6) is 0 Å². The Hall–Kier alpha value is -3.82. The zero-order chi connectivity index (χ0) is 29.0. The summed E-state index contributed by atoms with van der Waals surface area (Å²) in [7, 11) is 0. The van der Waals surface area contributed by atoms with Crippen LogP contribution in [0, 0.1) is 11.7 Å². The van der Waals surface area contributed by atoms with Crippen LogP contribution in [0.3, 0.4) is 0 Å². The summed E-state index contributed by atoms with van der Waals surface area (Å²) in [6.45, 7) is 1.64. The van der Waals surface area contributed by atoms with E-state index in [2.05, 4.69) is 15.5 Å². The van der Waals surface area contributed by atoms with Crippen molar-refractivity contribution < 1.29 is 31.6 Å². The van der Waals surface area contributed by atoms with E-state index in [9.17, 15) is 27.2 Å². The van der Waals surface area contributed by atoms with Gasteiger partial charge in [-0.3, -0.25) is 9.59 Å². The number of amides is 2. The molecule has 1 aliphatic carbocycles. The van der Waals surface area contributed by atoms with Gasteiger partial charge in [0.1, 0.15) is 17.6 Å². The van der Waals surface area contributed by atoms with Crippen LogP contribution < -0.4 is 15.5 Å². The van der Waals surface area contributed by atoms with Crippen molar-refractivity contribution in [2.75, 3.05) is 24.5 Å². The van der Waals surface area contributed by atoms with Crippen LogP contribution in [-0.2, 0) is 17.4 Å². The Morgan fingerprint density at radius 2 is 1.83 bits per heavy atom. The highest BCUT2D eigenvalue weighted by atomic mass is 19.4. The maximum absolute atomic E-state index is 13.5. The summed E-state index contributed by atoms with van der Waals surface area (Å²) in [4.78, 5) is 28.5. The molecule has 218 valence electrons. The molecule has 1 aliphatic heterocycles. The zero-order valence-electron chi connectivity index (χ0n) is 22.6. The first-order chi connectivity index (χ1) is 19.7. The van der Waals surface area contributed by atoms with Gasteiger partial charge in [-0.05, 0) is 66.8 Å². The predicted octanol–water partition coefficient (Wildman–Crippen LogP) is 6.35. The number of hydrogen-bond acceptors (Lipinski definition) is 4. The fourth-order valence-electron chi connectivity index (χ4n) is 5.79. The van der Waals surface area contributed by atoms with Gasteiger partial charge in [-0.2, -0.15) is 13.2 Å². The Balaban J connectivity index is 1.23. The number of nitrogens with one attached hydrogen (secondary N) is 2. The minimum Gasteiger partial charge on any atom is -0.451 e. The molecule has 0 bridgehead atoms. The van der Waals surface area contributed by atoms with Crippen LogP contribution in [0.25, 0.3) is 11.3 Å². The topological polar surface area (TPSA) is 74.6 Å². The summed E-state index contributed by atoms with van der Waals surface area (Å²) < 4.78 is 58.6. The van der Waals surface area contributed by atoms with E-state index in [1.54, 1.807) is 6.07 Å². The highest BCUT2D eigenvalue weighted by Crippen LogP contribution is 2.33. The highest BCUT2D eigenvalue weighted by Gasteiger charge is 2.31. The van der Waals surface area contributed by atoms with Crippen molar-refractivity contribution in [1.82, 2.24) is 10.6 Å². The number of halogens is 4. The number of anilines is 1. The quantitative estimate of drug-likeness (QED) is 0.294. The van der Waals surface area contributed by atoms with Crippen LogP contribution in [0.4, 0.5) is 23.2 Å². The minimum absolute atomic E-state index is 0.0836. The summed E-state index contributed by atoms with van der Waals surface area (Å²) in [6, 6.07) is 11.5. The van der Waals surface area contributed by atoms with Crippen molar-refractivity contribution in [3.05, 3.63) is 77.3 Å². The monoisotopic (exact) mass is 571 g/mol. The third-order valence-electron chi connectivity index (χ3n) is 7.93. The van der Waals surface area contributed by atoms with E-state index in [1.165, 1.54) is 36.4 Å². The molecule has 41 heavy (non-hydrogen) atoms. The Kier molecular flexibility index (Phi) is 8.65. The number of furan rings is 1. The first-order valence-electron chi connectivity index (χ1n) is 14.1. The molecule has 2 aromatic carbocycles. The molecule has 10 heteroatoms. The lowest BCUT2D eigenvalue weighted by molar-refractivity contribution is -0.137. The van der Waals surface area contributed by atoms with E-state index in [0.717, 1.165) is 68.5 Å². The van der Waals surface area contributed by atoms with Crippen molar-refractivity contribution in [1.29, 1.82) is 0 Å². The maximum atomic E-state index is 13.5. The molecule has 2 N–H and O–H groups in total. The molecule has 2 amide bonds. The number of alkyl halides is 3. The van der Waals surface area contributed by atoms with Gasteiger partial charge in [-0.15, -0.1) is 0 Å². The lowest BCUT2D eigenvalue weighted by atomic mass is 9.84. The molecule has 0 saturated heterocycles. The molecule has 1 fully saturated rings. The fourth-order valence-corrected chi connectivity index (χ4v) is 5.79. The Morgan fingerprint density at radius 3 is 2.61 bits per heavy atom. The van der Waals surface area contributed by atoms with Gasteiger partial charge in [0.25, 0.3) is 5.91 Å². The van der Waals surface area contributed by atoms with E-state index in [4.69, 9.17) is 4.42 Å². The van der Waals surface area contributed by atoms with Crippen LogP contribution in [-0.4, -0.2) is 37.5 Å². The average molecular weight is 572 g/mol. The lowest BCUT2D eigenvalue weighted by Gasteiger charge is -2.27. The number of benzene rings is 2. The van der Waals surface area contributed by atoms with Crippen LogP contribution >= 0.6 is 0 Å². The summed E-state index contributed by atoms with van der Waals surface area (Å²) in [5, 5.41) is 5.74. The number of carbonyl (C=O) groups is 2. The number of nitrogens with zero attached hydrogens (tertiary/aromatic N) is 1. The van der Waals surface area contributed by atoms with Crippen molar-refractivity contribution in [2.24, 2.45) is 5.92 Å². The first kappa shape index (κ1) is 28.7. The Bertz CT molecular complexity index is 1380. The molecule has 0 radical (unpaired) electrons. The van der Waals surface area contributed by atoms with Crippen LogP contribution in [0.1, 0.15) is 60.2 Å². The number of carbonyl (C=O) groups excluding carboxylic acids is 2. The van der Waals surface area contributed by atoms with Crippen molar-refractivity contribution in [3.8, 4) is 11.3 Å². The molecule has 0 spiro atoms. The van der Waals surface area contributed by atoms with Crippen molar-refractivity contribution in [3.63, 3.8) is 0 Å². The normalized spacial score (nSPS) is 16.3. The second-order valence-corrected chi connectivity index (χ2v) is 10.8. The average Bonchev–Trinajstić information content (AvgIpc) is 3.60. The molecular formula is C31H33F4N3O3. The molecule has 2 aliphatic rings. The van der Waals surface area contributed by atoms with E-state index in [-0.39, 0.29) is 28.8 Å². The molecule has 2 heterocycles. The van der Waals surface area contributed by atoms with Gasteiger partial charge in [0.05, 0.1) is 5.56 Å². The second kappa shape index (κ2) is 12.4. The molecule has 0 unspecified atom stereocenters. The predicted molar refractivity (Wildman–Crippen MR) is 147 cm³/mol. The van der Waals surface area contributed by atoms with Crippen LogP contribution in [0.2, 0.25) is 0 Å². The number of rotatable bonds is 9. The molecule has 6 nitrogen and oxygen atoms in total. The molecule has 1 atom stereocenters. The third-order valence-corrected chi connectivity index (χ3v) is 7.93. The Morgan fingerprint density at radius 1 is 1.02 bits per heavy atom. The molecule has 1 saturated carbocycles. The number of fused-ring (bicyclic) bond motifs is 1. The summed E-state index contributed by atoms with van der Waals surface area (Å²) >= 11 is 0. The van der Waals surface area contributed by atoms with Gasteiger partial charge in [0.2, 0.25) is 5.91 Å². The van der Waals surface area contributed by atoms with E-state index in [0.29, 0.717) is 25.4 Å². The van der Waals surface area contributed by atoms with Crippen molar-refractivity contribution >= 4 is 17.5 Å². The van der Waals surface area contributed by atoms with Gasteiger partial charge in [0.15, 0.2) is 5.76 Å². The first-order valence-corrected chi connectivity index (χ1v) is 14.1. The fraction of sp³-hybridized carbons (Fsp3) is 0.419. The van der Waals surface area contributed by atoms with Crippen LogP contribution in [0.15, 0.2) is 59.0 Å². The van der Waals surface area contributed by atoms with E-state index >= 15 is 0 Å². The SMILES string of the molecule is O=C(N[C@@H](CC1CCCCC1)C(=O)NCCN1CCc2cc(F)ccc21)c1ccc(-c2cccc(C(F)(F)F)c2)o1. The minimum atomic E-state index is -4.50. The van der Waals surface area contributed by atoms with Crippen molar-refractivity contribution in [2.45, 2.75) is 57.2 Å². The second-order valence-electron chi connectivity index (χ2n) is 10.8. The summed E-state index contributed by atoms with van der Waals surface area (Å²) in [6.07, 6.45) is 2.03. The number of hydrogen-bond donors (Lipinski definition) is 2. The summed E-state index contributed by atoms with van der Waals surface area (Å²) in [5.74, 6) is -0.821. The molecule has 1 aromatic heterocycles. The molecule has 5 rings (SSSR count). The third kappa shape index (κ3) is 7.10. The van der Waals surface area contributed by atoms with Gasteiger partial charge in [-0.1, -0.05) is 44.2 Å². The van der Waals surface area contributed by atoms with Gasteiger partial charge in [0, 0.05) is 30.9 Å². The van der Waals surface area contributed by atoms with E-state index < -0.39 is 23.7 Å². The smallest absolute Gasteiger partial charge is 0.416 e. The van der Waals surface area contributed by atoms with Gasteiger partial charge < -0.3 is 20.0 Å². The van der Waals surface area contributed by atoms with E-state index in [1.807, 2.05) is 0 Å². The Labute approximate surface area is 236 Å². The van der Waals surface area contributed by atoms with Gasteiger partial charge in [-0.25, -0.2) is 4.39 Å². The maximum Gasteiger partial charge on any atom is 0.416 e. The standard InChI is InChI=1S/C31H33F4N3O3/c32-24-9-10-26-21(19-24)13-15-38(26)16-14-36-29(39)25(17-20-5-2-1-3-6-20)37-30(40)28-12-11-27(41-28)22-7-4-8-23(18-22)31(33,34)35/h4,7-12,18-20,25H,1-3,5-6,13-17H2,(H,36,39)(H,37,40)/t25-/m0/s1. The zero-order valence-corrected chi connectivity index (χ0v) is 22.6. The molecular weight excluding hydrogens is 538 g/mol.